The lowest BCUT2D eigenvalue weighted by Gasteiger charge is -2.28. The number of alkyl halides is 3. The largest absolute Gasteiger partial charge is 0.493 e. The maximum atomic E-state index is 13.2. The Hall–Kier alpha value is -1.76. The van der Waals surface area contributed by atoms with Gasteiger partial charge in [-0.2, -0.15) is 13.2 Å². The topological polar surface area (TPSA) is 47.6 Å². The van der Waals surface area contributed by atoms with Crippen molar-refractivity contribution >= 4 is 11.6 Å². The van der Waals surface area contributed by atoms with E-state index >= 15 is 0 Å². The standard InChI is InChI=1S/C18H26F3NO3/c1-5-8-11-17(4,25-7-3)16(23)22-13-9-10-15(24-6-2)14(12-13)18(19,20)21/h9-10,12H,5-8,11H2,1-4H3,(H,22,23)/t17-/m1/s1. The van der Waals surface area contributed by atoms with Crippen molar-refractivity contribution < 1.29 is 27.4 Å². The number of rotatable bonds is 9. The number of hydrogen-bond acceptors (Lipinski definition) is 3. The molecule has 0 fully saturated rings. The summed E-state index contributed by atoms with van der Waals surface area (Å²) in [6.07, 6.45) is -2.42. The number of ether oxygens (including phenoxy) is 2. The van der Waals surface area contributed by atoms with Crippen molar-refractivity contribution in [3.63, 3.8) is 0 Å². The Balaban J connectivity index is 3.06. The van der Waals surface area contributed by atoms with E-state index < -0.39 is 23.2 Å². The third-order valence-electron chi connectivity index (χ3n) is 3.79. The van der Waals surface area contributed by atoms with Gasteiger partial charge in [-0.05, 0) is 45.4 Å². The Morgan fingerprint density at radius 1 is 1.16 bits per heavy atom. The summed E-state index contributed by atoms with van der Waals surface area (Å²) in [6.45, 7) is 7.49. The van der Waals surface area contributed by atoms with Gasteiger partial charge in [0.15, 0.2) is 0 Å². The highest BCUT2D eigenvalue weighted by atomic mass is 19.4. The van der Waals surface area contributed by atoms with Crippen LogP contribution in [0.1, 0.15) is 52.5 Å². The first kappa shape index (κ1) is 21.3. The molecule has 0 spiro atoms. The highest BCUT2D eigenvalue weighted by molar-refractivity contribution is 5.97. The summed E-state index contributed by atoms with van der Waals surface area (Å²) in [4.78, 5) is 12.6. The van der Waals surface area contributed by atoms with Crippen LogP contribution in [-0.2, 0) is 15.7 Å². The van der Waals surface area contributed by atoms with Crippen LogP contribution in [0.5, 0.6) is 5.75 Å². The summed E-state index contributed by atoms with van der Waals surface area (Å²) >= 11 is 0. The zero-order valence-electron chi connectivity index (χ0n) is 15.1. The smallest absolute Gasteiger partial charge is 0.420 e. The molecule has 142 valence electrons. The van der Waals surface area contributed by atoms with Crippen molar-refractivity contribution in [3.05, 3.63) is 23.8 Å². The third kappa shape index (κ3) is 5.92. The normalized spacial score (nSPS) is 14.0. The number of carbonyl (C=O) groups excluding carboxylic acids is 1. The fraction of sp³-hybridized carbons (Fsp3) is 0.611. The van der Waals surface area contributed by atoms with Gasteiger partial charge >= 0.3 is 6.18 Å². The van der Waals surface area contributed by atoms with Crippen molar-refractivity contribution in [1.82, 2.24) is 0 Å². The number of halogens is 3. The first-order valence-electron chi connectivity index (χ1n) is 8.47. The van der Waals surface area contributed by atoms with Crippen LogP contribution in [0, 0.1) is 0 Å². The Bertz CT molecular complexity index is 575. The average molecular weight is 361 g/mol. The van der Waals surface area contributed by atoms with E-state index in [1.807, 2.05) is 6.92 Å². The highest BCUT2D eigenvalue weighted by Crippen LogP contribution is 2.38. The molecule has 0 saturated heterocycles. The minimum Gasteiger partial charge on any atom is -0.493 e. The Morgan fingerprint density at radius 2 is 1.84 bits per heavy atom. The summed E-state index contributed by atoms with van der Waals surface area (Å²) < 4.78 is 50.2. The molecule has 1 N–H and O–H groups in total. The van der Waals surface area contributed by atoms with Gasteiger partial charge in [-0.3, -0.25) is 4.79 Å². The van der Waals surface area contributed by atoms with Crippen LogP contribution in [0.3, 0.4) is 0 Å². The number of benzene rings is 1. The molecule has 0 aliphatic rings. The number of anilines is 1. The van der Waals surface area contributed by atoms with E-state index in [-0.39, 0.29) is 18.0 Å². The van der Waals surface area contributed by atoms with Crippen molar-refractivity contribution in [2.24, 2.45) is 0 Å². The molecule has 1 aromatic carbocycles. The Labute approximate surface area is 146 Å². The zero-order chi connectivity index (χ0) is 19.1. The molecule has 25 heavy (non-hydrogen) atoms. The van der Waals surface area contributed by atoms with Crippen molar-refractivity contribution in [3.8, 4) is 5.75 Å². The number of amides is 1. The van der Waals surface area contributed by atoms with Crippen molar-refractivity contribution in [1.29, 1.82) is 0 Å². The molecule has 1 rings (SSSR count). The number of hydrogen-bond donors (Lipinski definition) is 1. The van der Waals surface area contributed by atoms with Crippen LogP contribution in [0.2, 0.25) is 0 Å². The monoisotopic (exact) mass is 361 g/mol. The van der Waals surface area contributed by atoms with Crippen LogP contribution >= 0.6 is 0 Å². The molecule has 7 heteroatoms. The van der Waals surface area contributed by atoms with E-state index in [4.69, 9.17) is 9.47 Å². The summed E-state index contributed by atoms with van der Waals surface area (Å²) in [6, 6.07) is 3.49. The minimum atomic E-state index is -4.57. The lowest BCUT2D eigenvalue weighted by atomic mass is 9.97. The minimum absolute atomic E-state index is 0.0585. The van der Waals surface area contributed by atoms with E-state index in [0.717, 1.165) is 18.9 Å². The quantitative estimate of drug-likeness (QED) is 0.671. The second-order valence-corrected chi connectivity index (χ2v) is 5.86. The van der Waals surface area contributed by atoms with E-state index in [1.54, 1.807) is 20.8 Å². The summed E-state index contributed by atoms with van der Waals surface area (Å²) in [7, 11) is 0. The molecule has 1 atom stereocenters. The first-order valence-corrected chi connectivity index (χ1v) is 8.47. The van der Waals surface area contributed by atoms with Crippen LogP contribution in [0.4, 0.5) is 18.9 Å². The van der Waals surface area contributed by atoms with E-state index in [9.17, 15) is 18.0 Å². The van der Waals surface area contributed by atoms with Gasteiger partial charge in [0.2, 0.25) is 0 Å². The van der Waals surface area contributed by atoms with Gasteiger partial charge in [-0.25, -0.2) is 0 Å². The molecule has 0 heterocycles. The van der Waals surface area contributed by atoms with Gasteiger partial charge in [-0.1, -0.05) is 19.8 Å². The van der Waals surface area contributed by atoms with Crippen LogP contribution in [0.25, 0.3) is 0 Å². The molecular formula is C18H26F3NO3. The van der Waals surface area contributed by atoms with Crippen molar-refractivity contribution in [2.75, 3.05) is 18.5 Å². The molecule has 0 bridgehead atoms. The SMILES string of the molecule is CCCC[C@@](C)(OCC)C(=O)Nc1ccc(OCC)c(C(F)(F)F)c1. The predicted molar refractivity (Wildman–Crippen MR) is 90.8 cm³/mol. The van der Waals surface area contributed by atoms with Crippen molar-refractivity contribution in [2.45, 2.75) is 58.7 Å². The van der Waals surface area contributed by atoms with Gasteiger partial charge in [0.05, 0.1) is 12.2 Å². The van der Waals surface area contributed by atoms with Gasteiger partial charge in [0.1, 0.15) is 11.4 Å². The zero-order valence-corrected chi connectivity index (χ0v) is 15.1. The molecule has 0 aromatic heterocycles. The van der Waals surface area contributed by atoms with Gasteiger partial charge in [0.25, 0.3) is 5.91 Å². The lowest BCUT2D eigenvalue weighted by Crippen LogP contribution is -2.42. The molecule has 0 aliphatic carbocycles. The second-order valence-electron chi connectivity index (χ2n) is 5.86. The number of nitrogens with one attached hydrogen (secondary N) is 1. The molecule has 0 saturated carbocycles. The average Bonchev–Trinajstić information content (AvgIpc) is 2.53. The molecular weight excluding hydrogens is 335 g/mol. The fourth-order valence-electron chi connectivity index (χ4n) is 2.46. The van der Waals surface area contributed by atoms with E-state index in [2.05, 4.69) is 5.32 Å². The van der Waals surface area contributed by atoms with Crippen LogP contribution in [-0.4, -0.2) is 24.7 Å². The maximum Gasteiger partial charge on any atom is 0.420 e. The van der Waals surface area contributed by atoms with Gasteiger partial charge in [-0.15, -0.1) is 0 Å². The Kier molecular flexibility index (Phi) is 7.73. The first-order chi connectivity index (χ1) is 11.7. The molecule has 0 aliphatic heterocycles. The number of unbranched alkanes of at least 4 members (excludes halogenated alkanes) is 1. The molecule has 4 nitrogen and oxygen atoms in total. The summed E-state index contributed by atoms with van der Waals surface area (Å²) in [5, 5.41) is 2.54. The lowest BCUT2D eigenvalue weighted by molar-refractivity contribution is -0.140. The fourth-order valence-corrected chi connectivity index (χ4v) is 2.46. The van der Waals surface area contributed by atoms with Gasteiger partial charge in [0, 0.05) is 12.3 Å². The van der Waals surface area contributed by atoms with Crippen LogP contribution in [0.15, 0.2) is 18.2 Å². The van der Waals surface area contributed by atoms with Gasteiger partial charge < -0.3 is 14.8 Å². The van der Waals surface area contributed by atoms with E-state index in [1.165, 1.54) is 12.1 Å². The maximum absolute atomic E-state index is 13.2. The van der Waals surface area contributed by atoms with Crippen LogP contribution < -0.4 is 10.1 Å². The summed E-state index contributed by atoms with van der Waals surface area (Å²) in [5.41, 5.74) is -1.94. The number of carbonyl (C=O) groups is 1. The summed E-state index contributed by atoms with van der Waals surface area (Å²) in [5.74, 6) is -0.716. The molecule has 0 radical (unpaired) electrons. The Morgan fingerprint density at radius 3 is 2.36 bits per heavy atom. The second kappa shape index (κ2) is 9.08. The molecule has 1 aromatic rings. The van der Waals surface area contributed by atoms with E-state index in [0.29, 0.717) is 13.0 Å². The highest BCUT2D eigenvalue weighted by Gasteiger charge is 2.36. The molecule has 0 unspecified atom stereocenters. The third-order valence-corrected chi connectivity index (χ3v) is 3.79. The molecule has 1 amide bonds. The predicted octanol–water partition coefficient (Wildman–Crippen LogP) is 5.03.